The van der Waals surface area contributed by atoms with Crippen LogP contribution in [0.5, 0.6) is 0 Å². The zero-order valence-corrected chi connectivity index (χ0v) is 10.1. The Hall–Kier alpha value is -0.120. The van der Waals surface area contributed by atoms with Gasteiger partial charge in [-0.3, -0.25) is 0 Å². The van der Waals surface area contributed by atoms with Crippen LogP contribution < -0.4 is 11.1 Å². The highest BCUT2D eigenvalue weighted by molar-refractivity contribution is 4.87. The van der Waals surface area contributed by atoms with Crippen LogP contribution in [-0.4, -0.2) is 31.8 Å². The molecular formula is C11H26N2O. The molecule has 0 aromatic carbocycles. The van der Waals surface area contributed by atoms with Crippen molar-refractivity contribution in [3.63, 3.8) is 0 Å². The Balaban J connectivity index is 4.06. The summed E-state index contributed by atoms with van der Waals surface area (Å²) in [6, 6.07) is 0. The first-order valence-corrected chi connectivity index (χ1v) is 5.62. The molecule has 2 unspecified atom stereocenters. The SMILES string of the molecule is CCCC(CC)(CN)NCC(C)OC. The molecule has 86 valence electrons. The molecule has 0 aliphatic rings. The molecule has 0 fully saturated rings. The van der Waals surface area contributed by atoms with Crippen molar-refractivity contribution < 1.29 is 4.74 Å². The molecule has 0 aliphatic carbocycles. The minimum Gasteiger partial charge on any atom is -0.380 e. The fraction of sp³-hybridized carbons (Fsp3) is 1.00. The minimum absolute atomic E-state index is 0.113. The van der Waals surface area contributed by atoms with Crippen LogP contribution in [0.3, 0.4) is 0 Å². The van der Waals surface area contributed by atoms with Gasteiger partial charge in [0, 0.05) is 25.7 Å². The second kappa shape index (κ2) is 7.21. The van der Waals surface area contributed by atoms with Gasteiger partial charge < -0.3 is 15.8 Å². The van der Waals surface area contributed by atoms with E-state index >= 15 is 0 Å². The summed E-state index contributed by atoms with van der Waals surface area (Å²) < 4.78 is 5.21. The predicted molar refractivity (Wildman–Crippen MR) is 61.5 cm³/mol. The van der Waals surface area contributed by atoms with Crippen LogP contribution in [0, 0.1) is 0 Å². The van der Waals surface area contributed by atoms with Gasteiger partial charge in [0.25, 0.3) is 0 Å². The molecule has 0 saturated heterocycles. The Morgan fingerprint density at radius 2 is 2.07 bits per heavy atom. The Labute approximate surface area is 88.4 Å². The molecule has 0 aromatic rings. The lowest BCUT2D eigenvalue weighted by molar-refractivity contribution is 0.105. The third-order valence-corrected chi connectivity index (χ3v) is 2.96. The molecule has 3 nitrogen and oxygen atoms in total. The number of hydrogen-bond acceptors (Lipinski definition) is 3. The molecule has 0 heterocycles. The van der Waals surface area contributed by atoms with E-state index in [2.05, 4.69) is 26.1 Å². The van der Waals surface area contributed by atoms with Crippen molar-refractivity contribution in [2.75, 3.05) is 20.2 Å². The first kappa shape index (κ1) is 13.9. The second-order valence-electron chi connectivity index (χ2n) is 4.02. The normalized spacial score (nSPS) is 17.8. The van der Waals surface area contributed by atoms with Crippen molar-refractivity contribution in [3.8, 4) is 0 Å². The number of methoxy groups -OCH3 is 1. The van der Waals surface area contributed by atoms with Crippen LogP contribution in [0.2, 0.25) is 0 Å². The van der Waals surface area contributed by atoms with Crippen molar-refractivity contribution in [1.29, 1.82) is 0 Å². The zero-order chi connectivity index (χ0) is 11.0. The van der Waals surface area contributed by atoms with Crippen molar-refractivity contribution in [2.45, 2.75) is 51.7 Å². The lowest BCUT2D eigenvalue weighted by atomic mass is 9.90. The third kappa shape index (κ3) is 4.40. The monoisotopic (exact) mass is 202 g/mol. The Morgan fingerprint density at radius 3 is 2.43 bits per heavy atom. The van der Waals surface area contributed by atoms with E-state index in [4.69, 9.17) is 10.5 Å². The number of hydrogen-bond donors (Lipinski definition) is 2. The molecule has 3 N–H and O–H groups in total. The van der Waals surface area contributed by atoms with Crippen LogP contribution in [0.1, 0.15) is 40.0 Å². The highest BCUT2D eigenvalue weighted by Gasteiger charge is 2.24. The van der Waals surface area contributed by atoms with E-state index in [0.29, 0.717) is 6.54 Å². The van der Waals surface area contributed by atoms with Crippen LogP contribution in [-0.2, 0) is 4.74 Å². The molecule has 0 spiro atoms. The van der Waals surface area contributed by atoms with E-state index in [0.717, 1.165) is 19.4 Å². The second-order valence-corrected chi connectivity index (χ2v) is 4.02. The quantitative estimate of drug-likeness (QED) is 0.627. The maximum Gasteiger partial charge on any atom is 0.0667 e. The molecule has 0 radical (unpaired) electrons. The van der Waals surface area contributed by atoms with Gasteiger partial charge in [-0.05, 0) is 19.8 Å². The standard InChI is InChI=1S/C11H26N2O/c1-5-7-11(6-2,9-12)13-8-10(3)14-4/h10,13H,5-9,12H2,1-4H3. The van der Waals surface area contributed by atoms with E-state index in [9.17, 15) is 0 Å². The third-order valence-electron chi connectivity index (χ3n) is 2.96. The van der Waals surface area contributed by atoms with Crippen LogP contribution >= 0.6 is 0 Å². The van der Waals surface area contributed by atoms with Crippen LogP contribution in [0.4, 0.5) is 0 Å². The first-order chi connectivity index (χ1) is 6.64. The summed E-state index contributed by atoms with van der Waals surface area (Å²) in [4.78, 5) is 0. The van der Waals surface area contributed by atoms with E-state index in [1.807, 2.05) is 0 Å². The van der Waals surface area contributed by atoms with Crippen molar-refractivity contribution >= 4 is 0 Å². The number of nitrogens with one attached hydrogen (secondary N) is 1. The fourth-order valence-corrected chi connectivity index (χ4v) is 1.63. The minimum atomic E-state index is 0.113. The van der Waals surface area contributed by atoms with Gasteiger partial charge in [0.2, 0.25) is 0 Å². The Morgan fingerprint density at radius 1 is 1.43 bits per heavy atom. The van der Waals surface area contributed by atoms with Gasteiger partial charge >= 0.3 is 0 Å². The van der Waals surface area contributed by atoms with Gasteiger partial charge in [-0.25, -0.2) is 0 Å². The van der Waals surface area contributed by atoms with E-state index < -0.39 is 0 Å². The maximum absolute atomic E-state index is 5.83. The molecule has 0 aromatic heterocycles. The largest absolute Gasteiger partial charge is 0.380 e. The Kier molecular flexibility index (Phi) is 7.15. The van der Waals surface area contributed by atoms with Gasteiger partial charge in [-0.1, -0.05) is 20.3 Å². The number of rotatable bonds is 8. The summed E-state index contributed by atoms with van der Waals surface area (Å²) in [7, 11) is 1.74. The summed E-state index contributed by atoms with van der Waals surface area (Å²) in [5, 5.41) is 3.53. The van der Waals surface area contributed by atoms with Gasteiger partial charge in [-0.2, -0.15) is 0 Å². The fourth-order valence-electron chi connectivity index (χ4n) is 1.63. The van der Waals surface area contributed by atoms with Crippen molar-refractivity contribution in [3.05, 3.63) is 0 Å². The average Bonchev–Trinajstić information content (AvgIpc) is 2.24. The zero-order valence-electron chi connectivity index (χ0n) is 10.1. The maximum atomic E-state index is 5.83. The number of ether oxygens (including phenoxy) is 1. The summed E-state index contributed by atoms with van der Waals surface area (Å²) in [6.45, 7) is 8.03. The summed E-state index contributed by atoms with van der Waals surface area (Å²) in [5.74, 6) is 0. The van der Waals surface area contributed by atoms with Gasteiger partial charge in [0.05, 0.1) is 6.10 Å². The highest BCUT2D eigenvalue weighted by Crippen LogP contribution is 2.15. The lowest BCUT2D eigenvalue weighted by Crippen LogP contribution is -2.52. The van der Waals surface area contributed by atoms with Gasteiger partial charge in [0.15, 0.2) is 0 Å². The van der Waals surface area contributed by atoms with E-state index in [1.54, 1.807) is 7.11 Å². The first-order valence-electron chi connectivity index (χ1n) is 5.62. The number of nitrogens with two attached hydrogens (primary N) is 1. The molecule has 14 heavy (non-hydrogen) atoms. The van der Waals surface area contributed by atoms with Gasteiger partial charge in [0.1, 0.15) is 0 Å². The predicted octanol–water partition coefficient (Wildman–Crippen LogP) is 1.52. The molecular weight excluding hydrogens is 176 g/mol. The van der Waals surface area contributed by atoms with E-state index in [1.165, 1.54) is 6.42 Å². The lowest BCUT2D eigenvalue weighted by Gasteiger charge is -2.33. The van der Waals surface area contributed by atoms with Gasteiger partial charge in [-0.15, -0.1) is 0 Å². The van der Waals surface area contributed by atoms with Crippen molar-refractivity contribution in [1.82, 2.24) is 5.32 Å². The topological polar surface area (TPSA) is 47.3 Å². The van der Waals surface area contributed by atoms with E-state index in [-0.39, 0.29) is 11.6 Å². The molecule has 2 atom stereocenters. The summed E-state index contributed by atoms with van der Waals surface area (Å²) >= 11 is 0. The molecule has 0 bridgehead atoms. The Bertz CT molecular complexity index is 135. The summed E-state index contributed by atoms with van der Waals surface area (Å²) in [5.41, 5.74) is 5.94. The average molecular weight is 202 g/mol. The highest BCUT2D eigenvalue weighted by atomic mass is 16.5. The molecule has 3 heteroatoms. The summed E-state index contributed by atoms with van der Waals surface area (Å²) in [6.07, 6.45) is 3.63. The van der Waals surface area contributed by atoms with Crippen molar-refractivity contribution in [2.24, 2.45) is 5.73 Å². The van der Waals surface area contributed by atoms with Crippen LogP contribution in [0.25, 0.3) is 0 Å². The molecule has 0 saturated carbocycles. The smallest absolute Gasteiger partial charge is 0.0667 e. The molecule has 0 rings (SSSR count). The van der Waals surface area contributed by atoms with Crippen LogP contribution in [0.15, 0.2) is 0 Å². The molecule has 0 amide bonds. The molecule has 0 aliphatic heterocycles.